The molecule has 0 bridgehead atoms. The van der Waals surface area contributed by atoms with Crippen molar-refractivity contribution in [3.63, 3.8) is 0 Å². The molecule has 0 fully saturated rings. The molecule has 0 radical (unpaired) electrons. The number of amides is 3. The number of rotatable bonds is 7. The first-order chi connectivity index (χ1) is 14.0. The molecule has 8 heteroatoms. The van der Waals surface area contributed by atoms with Gasteiger partial charge in [0.05, 0.1) is 16.8 Å². The highest BCUT2D eigenvalue weighted by molar-refractivity contribution is 7.22. The van der Waals surface area contributed by atoms with Crippen LogP contribution in [0.4, 0.5) is 15.6 Å². The van der Waals surface area contributed by atoms with Crippen LogP contribution in [0.5, 0.6) is 5.75 Å². The summed E-state index contributed by atoms with van der Waals surface area (Å²) in [6, 6.07) is 13.5. The van der Waals surface area contributed by atoms with Crippen molar-refractivity contribution in [2.45, 2.75) is 26.8 Å². The van der Waals surface area contributed by atoms with E-state index < -0.39 is 12.1 Å². The first-order valence-electron chi connectivity index (χ1n) is 9.43. The van der Waals surface area contributed by atoms with Crippen LogP contribution in [0.3, 0.4) is 0 Å². The average Bonchev–Trinajstić information content (AvgIpc) is 3.08. The third-order valence-corrected chi connectivity index (χ3v) is 5.10. The second kappa shape index (κ2) is 9.38. The fraction of sp³-hybridized carbons (Fsp3) is 0.286. The van der Waals surface area contributed by atoms with E-state index >= 15 is 0 Å². The number of nitrogens with zero attached hydrogens (tertiary/aromatic N) is 1. The fourth-order valence-electron chi connectivity index (χ4n) is 2.76. The van der Waals surface area contributed by atoms with E-state index in [9.17, 15) is 9.59 Å². The Morgan fingerprint density at radius 2 is 1.86 bits per heavy atom. The monoisotopic (exact) mass is 412 g/mol. The van der Waals surface area contributed by atoms with Gasteiger partial charge in [0.15, 0.2) is 5.13 Å². The minimum absolute atomic E-state index is 0.101. The average molecular weight is 413 g/mol. The summed E-state index contributed by atoms with van der Waals surface area (Å²) in [7, 11) is 0. The lowest BCUT2D eigenvalue weighted by Crippen LogP contribution is -2.48. The highest BCUT2D eigenvalue weighted by atomic mass is 32.1. The number of thiazole rings is 1. The van der Waals surface area contributed by atoms with Crippen LogP contribution >= 0.6 is 11.3 Å². The predicted octanol–water partition coefficient (Wildman–Crippen LogP) is 4.48. The largest absolute Gasteiger partial charge is 0.494 e. The molecule has 1 unspecified atom stereocenters. The summed E-state index contributed by atoms with van der Waals surface area (Å²) in [5.74, 6) is 0.351. The number of fused-ring (bicyclic) bond motifs is 1. The van der Waals surface area contributed by atoms with E-state index in [1.165, 1.54) is 11.3 Å². The molecule has 0 aliphatic rings. The van der Waals surface area contributed by atoms with E-state index in [-0.39, 0.29) is 11.8 Å². The van der Waals surface area contributed by atoms with Gasteiger partial charge < -0.3 is 20.7 Å². The van der Waals surface area contributed by atoms with E-state index in [4.69, 9.17) is 4.74 Å². The number of hydrogen-bond donors (Lipinski definition) is 3. The Morgan fingerprint density at radius 3 is 2.55 bits per heavy atom. The Kier molecular flexibility index (Phi) is 6.66. The first-order valence-corrected chi connectivity index (χ1v) is 10.2. The van der Waals surface area contributed by atoms with Crippen molar-refractivity contribution in [3.05, 3.63) is 48.5 Å². The molecule has 3 amide bonds. The molecule has 0 aliphatic carbocycles. The molecular weight excluding hydrogens is 388 g/mol. The van der Waals surface area contributed by atoms with Gasteiger partial charge in [0.2, 0.25) is 5.91 Å². The maximum absolute atomic E-state index is 12.8. The maximum Gasteiger partial charge on any atom is 0.319 e. The van der Waals surface area contributed by atoms with Crippen molar-refractivity contribution in [3.8, 4) is 5.75 Å². The van der Waals surface area contributed by atoms with E-state index in [1.807, 2.05) is 57.2 Å². The minimum Gasteiger partial charge on any atom is -0.494 e. The standard InChI is InChI=1S/C21H24N4O3S/c1-4-28-15-10-11-16-17(12-15)29-21(23-16)25-19(26)18(13(2)3)24-20(27)22-14-8-6-5-7-9-14/h5-13,18H,4H2,1-3H3,(H2,22,24,27)(H,23,25,26). The molecule has 0 saturated carbocycles. The quantitative estimate of drug-likeness (QED) is 0.533. The van der Waals surface area contributed by atoms with Crippen LogP contribution in [0.1, 0.15) is 20.8 Å². The number of benzene rings is 2. The van der Waals surface area contributed by atoms with Crippen LogP contribution in [0.15, 0.2) is 48.5 Å². The number of ether oxygens (including phenoxy) is 1. The van der Waals surface area contributed by atoms with Crippen molar-refractivity contribution in [2.75, 3.05) is 17.2 Å². The van der Waals surface area contributed by atoms with Crippen LogP contribution in [-0.2, 0) is 4.79 Å². The SMILES string of the molecule is CCOc1ccc2nc(NC(=O)C(NC(=O)Nc3ccccc3)C(C)C)sc2c1. The van der Waals surface area contributed by atoms with Gasteiger partial charge in [0.25, 0.3) is 0 Å². The van der Waals surface area contributed by atoms with E-state index in [0.29, 0.717) is 17.4 Å². The predicted molar refractivity (Wildman–Crippen MR) is 117 cm³/mol. The second-order valence-corrected chi connectivity index (χ2v) is 7.79. The number of urea groups is 1. The summed E-state index contributed by atoms with van der Waals surface area (Å²) in [4.78, 5) is 29.5. The second-order valence-electron chi connectivity index (χ2n) is 6.76. The van der Waals surface area contributed by atoms with Crippen molar-refractivity contribution in [1.29, 1.82) is 0 Å². The molecule has 1 heterocycles. The summed E-state index contributed by atoms with van der Waals surface area (Å²) in [6.45, 7) is 6.26. The summed E-state index contributed by atoms with van der Waals surface area (Å²) in [6.07, 6.45) is 0. The molecule has 3 rings (SSSR count). The van der Waals surface area contributed by atoms with Gasteiger partial charge >= 0.3 is 6.03 Å². The normalized spacial score (nSPS) is 11.9. The number of nitrogens with one attached hydrogen (secondary N) is 3. The van der Waals surface area contributed by atoms with Gasteiger partial charge in [-0.1, -0.05) is 43.4 Å². The molecule has 7 nitrogen and oxygen atoms in total. The number of para-hydroxylation sites is 1. The summed E-state index contributed by atoms with van der Waals surface area (Å²) < 4.78 is 6.42. The third kappa shape index (κ3) is 5.45. The number of carbonyl (C=O) groups excluding carboxylic acids is 2. The van der Waals surface area contributed by atoms with Crippen LogP contribution in [0.2, 0.25) is 0 Å². The number of anilines is 2. The van der Waals surface area contributed by atoms with Gasteiger partial charge in [-0.05, 0) is 43.2 Å². The Balaban J connectivity index is 1.67. The zero-order valence-electron chi connectivity index (χ0n) is 16.6. The molecule has 1 atom stereocenters. The molecule has 29 heavy (non-hydrogen) atoms. The highest BCUT2D eigenvalue weighted by Gasteiger charge is 2.25. The van der Waals surface area contributed by atoms with E-state index in [2.05, 4.69) is 20.9 Å². The zero-order chi connectivity index (χ0) is 20.8. The Hall–Kier alpha value is -3.13. The minimum atomic E-state index is -0.704. The molecule has 0 spiro atoms. The Morgan fingerprint density at radius 1 is 1.10 bits per heavy atom. The fourth-order valence-corrected chi connectivity index (χ4v) is 3.66. The molecule has 3 aromatic rings. The molecule has 2 aromatic carbocycles. The summed E-state index contributed by atoms with van der Waals surface area (Å²) in [5, 5.41) is 8.77. The van der Waals surface area contributed by atoms with Gasteiger partial charge in [-0.25, -0.2) is 9.78 Å². The summed E-state index contributed by atoms with van der Waals surface area (Å²) in [5.41, 5.74) is 1.44. The Bertz CT molecular complexity index is 988. The Labute approximate surface area is 173 Å². The molecule has 152 valence electrons. The topological polar surface area (TPSA) is 92.3 Å². The van der Waals surface area contributed by atoms with Gasteiger partial charge in [0, 0.05) is 5.69 Å². The van der Waals surface area contributed by atoms with Gasteiger partial charge in [-0.15, -0.1) is 0 Å². The van der Waals surface area contributed by atoms with Crippen LogP contribution < -0.4 is 20.7 Å². The highest BCUT2D eigenvalue weighted by Crippen LogP contribution is 2.29. The van der Waals surface area contributed by atoms with Crippen LogP contribution in [0.25, 0.3) is 10.2 Å². The van der Waals surface area contributed by atoms with Crippen molar-refractivity contribution in [1.82, 2.24) is 10.3 Å². The molecule has 1 aromatic heterocycles. The molecule has 3 N–H and O–H groups in total. The third-order valence-electron chi connectivity index (χ3n) is 4.17. The lowest BCUT2D eigenvalue weighted by molar-refractivity contribution is -0.118. The molecule has 0 saturated heterocycles. The van der Waals surface area contributed by atoms with Gasteiger partial charge in [-0.2, -0.15) is 0 Å². The van der Waals surface area contributed by atoms with E-state index in [1.54, 1.807) is 12.1 Å². The number of carbonyl (C=O) groups is 2. The van der Waals surface area contributed by atoms with Crippen molar-refractivity contribution in [2.24, 2.45) is 5.92 Å². The van der Waals surface area contributed by atoms with Crippen molar-refractivity contribution >= 4 is 44.3 Å². The number of aromatic nitrogens is 1. The van der Waals surface area contributed by atoms with Crippen LogP contribution in [0, 0.1) is 5.92 Å². The lowest BCUT2D eigenvalue weighted by atomic mass is 10.0. The molecule has 0 aliphatic heterocycles. The maximum atomic E-state index is 12.8. The summed E-state index contributed by atoms with van der Waals surface area (Å²) >= 11 is 1.36. The van der Waals surface area contributed by atoms with Gasteiger partial charge in [0.1, 0.15) is 11.8 Å². The lowest BCUT2D eigenvalue weighted by Gasteiger charge is -2.21. The van der Waals surface area contributed by atoms with Crippen molar-refractivity contribution < 1.29 is 14.3 Å². The first kappa shape index (κ1) is 20.6. The van der Waals surface area contributed by atoms with Gasteiger partial charge in [-0.3, -0.25) is 4.79 Å². The number of hydrogen-bond acceptors (Lipinski definition) is 5. The molecular formula is C21H24N4O3S. The smallest absolute Gasteiger partial charge is 0.319 e. The zero-order valence-corrected chi connectivity index (χ0v) is 17.4. The van der Waals surface area contributed by atoms with E-state index in [0.717, 1.165) is 16.0 Å². The van der Waals surface area contributed by atoms with Crippen LogP contribution in [-0.4, -0.2) is 29.6 Å².